The van der Waals surface area contributed by atoms with E-state index < -0.39 is 5.97 Å². The fraction of sp³-hybridized carbons (Fsp3) is 0.579. The summed E-state index contributed by atoms with van der Waals surface area (Å²) in [4.78, 5) is 26.5. The highest BCUT2D eigenvalue weighted by Gasteiger charge is 2.24. The van der Waals surface area contributed by atoms with Crippen LogP contribution in [0.4, 0.5) is 0 Å². The molecule has 0 saturated carbocycles. The van der Waals surface area contributed by atoms with E-state index in [-0.39, 0.29) is 24.6 Å². The molecule has 0 heterocycles. The lowest BCUT2D eigenvalue weighted by atomic mass is 10.1. The van der Waals surface area contributed by atoms with E-state index in [0.29, 0.717) is 23.7 Å². The molecule has 0 saturated heterocycles. The fourth-order valence-electron chi connectivity index (χ4n) is 2.20. The smallest absolute Gasteiger partial charge is 0.325 e. The Labute approximate surface area is 150 Å². The van der Waals surface area contributed by atoms with Gasteiger partial charge in [-0.05, 0) is 46.2 Å². The van der Waals surface area contributed by atoms with Gasteiger partial charge in [0, 0.05) is 17.7 Å². The van der Waals surface area contributed by atoms with Gasteiger partial charge in [-0.3, -0.25) is 9.59 Å². The van der Waals surface area contributed by atoms with E-state index >= 15 is 0 Å². The number of benzene rings is 1. The van der Waals surface area contributed by atoms with Gasteiger partial charge < -0.3 is 19.1 Å². The Hall–Kier alpha value is -2.24. The molecule has 25 heavy (non-hydrogen) atoms. The Bertz CT molecular complexity index is 585. The first-order chi connectivity index (χ1) is 11.8. The largest absolute Gasteiger partial charge is 0.497 e. The van der Waals surface area contributed by atoms with Crippen molar-refractivity contribution in [2.24, 2.45) is 0 Å². The molecule has 0 fully saturated rings. The quantitative estimate of drug-likeness (QED) is 0.639. The summed E-state index contributed by atoms with van der Waals surface area (Å²) in [5, 5.41) is 0. The van der Waals surface area contributed by atoms with Gasteiger partial charge in [-0.25, -0.2) is 0 Å². The van der Waals surface area contributed by atoms with Crippen LogP contribution in [0.1, 0.15) is 51.4 Å². The van der Waals surface area contributed by atoms with Crippen molar-refractivity contribution in [2.45, 2.75) is 53.2 Å². The van der Waals surface area contributed by atoms with Crippen LogP contribution in [0.25, 0.3) is 0 Å². The molecular formula is C19H29NO5. The van der Waals surface area contributed by atoms with E-state index in [1.165, 1.54) is 12.0 Å². The Morgan fingerprint density at radius 3 is 2.24 bits per heavy atom. The molecule has 0 aromatic heterocycles. The number of esters is 1. The average Bonchev–Trinajstić information content (AvgIpc) is 2.58. The van der Waals surface area contributed by atoms with Crippen LogP contribution in [0.2, 0.25) is 0 Å². The van der Waals surface area contributed by atoms with Gasteiger partial charge in [0.25, 0.3) is 5.91 Å². The highest BCUT2D eigenvalue weighted by molar-refractivity contribution is 5.97. The van der Waals surface area contributed by atoms with Gasteiger partial charge in [-0.1, -0.05) is 6.92 Å². The number of nitrogens with zero attached hydrogens (tertiary/aromatic N) is 1. The van der Waals surface area contributed by atoms with Crippen molar-refractivity contribution < 1.29 is 23.8 Å². The monoisotopic (exact) mass is 351 g/mol. The maximum atomic E-state index is 12.9. The van der Waals surface area contributed by atoms with Crippen molar-refractivity contribution in [1.82, 2.24) is 4.90 Å². The first-order valence-corrected chi connectivity index (χ1v) is 8.64. The summed E-state index contributed by atoms with van der Waals surface area (Å²) in [6.45, 7) is 9.74. The Morgan fingerprint density at radius 1 is 1.08 bits per heavy atom. The molecule has 1 atom stereocenters. The van der Waals surface area contributed by atoms with Crippen LogP contribution in [0.3, 0.4) is 0 Å². The molecule has 0 aliphatic rings. The maximum Gasteiger partial charge on any atom is 0.325 e. The van der Waals surface area contributed by atoms with Crippen molar-refractivity contribution in [3.05, 3.63) is 23.8 Å². The SMILES string of the molecule is CCOc1cc(OC)cc(C(=O)N(CC(=O)OC(C)CC)C(C)C)c1. The highest BCUT2D eigenvalue weighted by atomic mass is 16.5. The molecule has 6 heteroatoms. The second-order valence-corrected chi connectivity index (χ2v) is 6.07. The predicted octanol–water partition coefficient (Wildman–Crippen LogP) is 3.29. The standard InChI is InChI=1S/C19H29NO5/c1-7-14(5)25-18(21)12-20(13(3)4)19(22)15-9-16(23-6)11-17(10-15)24-8-2/h9-11,13-14H,7-8,12H2,1-6H3. The van der Waals surface area contributed by atoms with Crippen LogP contribution in [-0.4, -0.2) is 49.2 Å². The Morgan fingerprint density at radius 2 is 1.72 bits per heavy atom. The van der Waals surface area contributed by atoms with Crippen molar-refractivity contribution in [1.29, 1.82) is 0 Å². The molecule has 0 spiro atoms. The average molecular weight is 351 g/mol. The van der Waals surface area contributed by atoms with Crippen LogP contribution in [0.5, 0.6) is 11.5 Å². The normalized spacial score (nSPS) is 11.8. The Kier molecular flexibility index (Phi) is 8.25. The van der Waals surface area contributed by atoms with Crippen LogP contribution < -0.4 is 9.47 Å². The predicted molar refractivity (Wildman–Crippen MR) is 96.2 cm³/mol. The molecule has 0 aliphatic carbocycles. The van der Waals surface area contributed by atoms with Crippen molar-refractivity contribution >= 4 is 11.9 Å². The summed E-state index contributed by atoms with van der Waals surface area (Å²) in [5.74, 6) is 0.400. The van der Waals surface area contributed by atoms with E-state index in [9.17, 15) is 9.59 Å². The zero-order valence-electron chi connectivity index (χ0n) is 16.0. The summed E-state index contributed by atoms with van der Waals surface area (Å²) >= 11 is 0. The van der Waals surface area contributed by atoms with Crippen LogP contribution >= 0.6 is 0 Å². The minimum atomic E-state index is -0.413. The number of hydrogen-bond donors (Lipinski definition) is 0. The number of hydrogen-bond acceptors (Lipinski definition) is 5. The molecule has 1 rings (SSSR count). The lowest BCUT2D eigenvalue weighted by Crippen LogP contribution is -2.41. The summed E-state index contributed by atoms with van der Waals surface area (Å²) < 4.78 is 16.0. The molecule has 140 valence electrons. The number of carbonyl (C=O) groups excluding carboxylic acids is 2. The van der Waals surface area contributed by atoms with Crippen molar-refractivity contribution in [2.75, 3.05) is 20.3 Å². The number of rotatable bonds is 9. The van der Waals surface area contributed by atoms with Crippen LogP contribution in [0, 0.1) is 0 Å². The zero-order chi connectivity index (χ0) is 19.0. The first kappa shape index (κ1) is 20.8. The number of ether oxygens (including phenoxy) is 3. The summed E-state index contributed by atoms with van der Waals surface area (Å²) in [6.07, 6.45) is 0.563. The minimum Gasteiger partial charge on any atom is -0.497 e. The fourth-order valence-corrected chi connectivity index (χ4v) is 2.20. The number of amides is 1. The van der Waals surface area contributed by atoms with Gasteiger partial charge in [-0.2, -0.15) is 0 Å². The van der Waals surface area contributed by atoms with Gasteiger partial charge in [0.1, 0.15) is 18.0 Å². The van der Waals surface area contributed by atoms with E-state index in [1.807, 2.05) is 34.6 Å². The highest BCUT2D eigenvalue weighted by Crippen LogP contribution is 2.24. The Balaban J connectivity index is 3.02. The van der Waals surface area contributed by atoms with E-state index in [1.54, 1.807) is 18.2 Å². The lowest BCUT2D eigenvalue weighted by Gasteiger charge is -2.26. The third-order valence-corrected chi connectivity index (χ3v) is 3.76. The second kappa shape index (κ2) is 9.91. The molecule has 0 aliphatic heterocycles. The molecule has 1 aromatic carbocycles. The molecule has 0 radical (unpaired) electrons. The van der Waals surface area contributed by atoms with Crippen molar-refractivity contribution in [3.63, 3.8) is 0 Å². The van der Waals surface area contributed by atoms with Crippen molar-refractivity contribution in [3.8, 4) is 11.5 Å². The van der Waals surface area contributed by atoms with E-state index in [0.717, 1.165) is 6.42 Å². The molecule has 6 nitrogen and oxygen atoms in total. The molecular weight excluding hydrogens is 322 g/mol. The van der Waals surface area contributed by atoms with Gasteiger partial charge in [0.15, 0.2) is 0 Å². The van der Waals surface area contributed by atoms with Crippen LogP contribution in [-0.2, 0) is 9.53 Å². The first-order valence-electron chi connectivity index (χ1n) is 8.64. The molecule has 0 bridgehead atoms. The second-order valence-electron chi connectivity index (χ2n) is 6.07. The topological polar surface area (TPSA) is 65.1 Å². The third-order valence-electron chi connectivity index (χ3n) is 3.76. The van der Waals surface area contributed by atoms with Gasteiger partial charge in [0.2, 0.25) is 0 Å². The van der Waals surface area contributed by atoms with Gasteiger partial charge >= 0.3 is 5.97 Å². The van der Waals surface area contributed by atoms with Gasteiger partial charge in [0.05, 0.1) is 19.8 Å². The van der Waals surface area contributed by atoms with E-state index in [4.69, 9.17) is 14.2 Å². The molecule has 1 unspecified atom stereocenters. The number of carbonyl (C=O) groups is 2. The van der Waals surface area contributed by atoms with Gasteiger partial charge in [-0.15, -0.1) is 0 Å². The maximum absolute atomic E-state index is 12.9. The summed E-state index contributed by atoms with van der Waals surface area (Å²) in [5.41, 5.74) is 0.410. The lowest BCUT2D eigenvalue weighted by molar-refractivity contribution is -0.149. The van der Waals surface area contributed by atoms with Crippen LogP contribution in [0.15, 0.2) is 18.2 Å². The zero-order valence-corrected chi connectivity index (χ0v) is 16.0. The number of methoxy groups -OCH3 is 1. The molecule has 1 amide bonds. The molecule has 0 N–H and O–H groups in total. The third kappa shape index (κ3) is 6.29. The summed E-state index contributed by atoms with van der Waals surface area (Å²) in [7, 11) is 1.53. The minimum absolute atomic E-state index is 0.0952. The molecule has 1 aromatic rings. The van der Waals surface area contributed by atoms with E-state index in [2.05, 4.69) is 0 Å². The summed E-state index contributed by atoms with van der Waals surface area (Å²) in [6, 6.07) is 4.86.